The zero-order valence-corrected chi connectivity index (χ0v) is 14.8. The summed E-state index contributed by atoms with van der Waals surface area (Å²) >= 11 is 0. The molecule has 4 nitrogen and oxygen atoms in total. The maximum atomic E-state index is 12.8. The van der Waals surface area contributed by atoms with Crippen molar-refractivity contribution in [1.29, 1.82) is 0 Å². The van der Waals surface area contributed by atoms with E-state index in [0.717, 1.165) is 48.4 Å². The van der Waals surface area contributed by atoms with Crippen molar-refractivity contribution in [3.63, 3.8) is 0 Å². The lowest BCUT2D eigenvalue weighted by Gasteiger charge is -2.26. The Hall–Kier alpha value is -2.62. The number of aryl methyl sites for hydroxylation is 2. The SMILES string of the molecule is Cc1ccc(C)c(-c2cnc3ccc(C(=O)N4CCCCC4)cn23)c1. The van der Waals surface area contributed by atoms with Crippen molar-refractivity contribution < 1.29 is 4.79 Å². The number of hydrogen-bond acceptors (Lipinski definition) is 2. The Labute approximate surface area is 148 Å². The molecule has 3 heterocycles. The van der Waals surface area contributed by atoms with E-state index in [1.807, 2.05) is 33.8 Å². The summed E-state index contributed by atoms with van der Waals surface area (Å²) in [7, 11) is 0. The summed E-state index contributed by atoms with van der Waals surface area (Å²) in [4.78, 5) is 19.3. The van der Waals surface area contributed by atoms with Gasteiger partial charge in [-0.1, -0.05) is 17.7 Å². The predicted octanol–water partition coefficient (Wildman–Crippen LogP) is 4.24. The highest BCUT2D eigenvalue weighted by Gasteiger charge is 2.19. The summed E-state index contributed by atoms with van der Waals surface area (Å²) < 4.78 is 2.04. The number of hydrogen-bond donors (Lipinski definition) is 0. The van der Waals surface area contributed by atoms with E-state index in [1.54, 1.807) is 0 Å². The van der Waals surface area contributed by atoms with Gasteiger partial charge in [0.15, 0.2) is 0 Å². The molecule has 0 bridgehead atoms. The van der Waals surface area contributed by atoms with Crippen molar-refractivity contribution >= 4 is 11.6 Å². The van der Waals surface area contributed by atoms with Crippen LogP contribution in [0.3, 0.4) is 0 Å². The Kier molecular flexibility index (Phi) is 4.04. The number of imidazole rings is 1. The average molecular weight is 333 g/mol. The van der Waals surface area contributed by atoms with Gasteiger partial charge in [-0.05, 0) is 56.9 Å². The first-order valence-electron chi connectivity index (χ1n) is 8.97. The van der Waals surface area contributed by atoms with Crippen LogP contribution in [0.1, 0.15) is 40.7 Å². The number of likely N-dealkylation sites (tertiary alicyclic amines) is 1. The molecule has 1 aliphatic rings. The molecule has 3 aromatic rings. The van der Waals surface area contributed by atoms with Gasteiger partial charge in [-0.25, -0.2) is 4.98 Å². The molecular weight excluding hydrogens is 310 g/mol. The number of benzene rings is 1. The van der Waals surface area contributed by atoms with Crippen LogP contribution < -0.4 is 0 Å². The van der Waals surface area contributed by atoms with Crippen molar-refractivity contribution in [3.05, 3.63) is 59.4 Å². The smallest absolute Gasteiger partial charge is 0.255 e. The summed E-state index contributed by atoms with van der Waals surface area (Å²) in [5.41, 5.74) is 6.22. The molecule has 4 rings (SSSR count). The highest BCUT2D eigenvalue weighted by molar-refractivity contribution is 5.94. The standard InChI is InChI=1S/C21H23N3O/c1-15-6-7-16(2)18(12-15)19-13-22-20-9-8-17(14-24(19)20)21(25)23-10-4-3-5-11-23/h6-9,12-14H,3-5,10-11H2,1-2H3. The zero-order chi connectivity index (χ0) is 17.4. The van der Waals surface area contributed by atoms with Gasteiger partial charge in [0, 0.05) is 24.8 Å². The summed E-state index contributed by atoms with van der Waals surface area (Å²) in [5, 5.41) is 0. The second-order valence-electron chi connectivity index (χ2n) is 6.96. The monoisotopic (exact) mass is 333 g/mol. The highest BCUT2D eigenvalue weighted by atomic mass is 16.2. The van der Waals surface area contributed by atoms with Gasteiger partial charge >= 0.3 is 0 Å². The van der Waals surface area contributed by atoms with E-state index in [2.05, 4.69) is 37.0 Å². The molecule has 0 unspecified atom stereocenters. The van der Waals surface area contributed by atoms with Crippen molar-refractivity contribution in [2.75, 3.05) is 13.1 Å². The minimum atomic E-state index is 0.127. The fourth-order valence-electron chi connectivity index (χ4n) is 3.60. The van der Waals surface area contributed by atoms with E-state index in [9.17, 15) is 4.79 Å². The molecule has 1 saturated heterocycles. The van der Waals surface area contributed by atoms with Crippen molar-refractivity contribution in [3.8, 4) is 11.3 Å². The Balaban J connectivity index is 1.77. The molecule has 25 heavy (non-hydrogen) atoms. The fourth-order valence-corrected chi connectivity index (χ4v) is 3.60. The van der Waals surface area contributed by atoms with Crippen molar-refractivity contribution in [2.24, 2.45) is 0 Å². The first-order valence-corrected chi connectivity index (χ1v) is 8.97. The zero-order valence-electron chi connectivity index (χ0n) is 14.8. The van der Waals surface area contributed by atoms with Gasteiger partial charge in [-0.2, -0.15) is 0 Å². The quantitative estimate of drug-likeness (QED) is 0.703. The third-order valence-corrected chi connectivity index (χ3v) is 5.06. The number of rotatable bonds is 2. The molecule has 128 valence electrons. The van der Waals surface area contributed by atoms with Crippen LogP contribution in [0.25, 0.3) is 16.9 Å². The molecule has 0 N–H and O–H groups in total. The van der Waals surface area contributed by atoms with E-state index in [0.29, 0.717) is 0 Å². The summed E-state index contributed by atoms with van der Waals surface area (Å²) in [6, 6.07) is 10.3. The molecule has 0 radical (unpaired) electrons. The van der Waals surface area contributed by atoms with Crippen LogP contribution >= 0.6 is 0 Å². The molecule has 2 aromatic heterocycles. The van der Waals surface area contributed by atoms with Crippen molar-refractivity contribution in [1.82, 2.24) is 14.3 Å². The van der Waals surface area contributed by atoms with Crippen molar-refractivity contribution in [2.45, 2.75) is 33.1 Å². The summed E-state index contributed by atoms with van der Waals surface area (Å²) in [6.45, 7) is 5.93. The number of carbonyl (C=O) groups excluding carboxylic acids is 1. The van der Waals surface area contributed by atoms with Gasteiger partial charge < -0.3 is 4.90 Å². The van der Waals surface area contributed by atoms with Crippen LogP contribution in [-0.2, 0) is 0 Å². The lowest BCUT2D eigenvalue weighted by atomic mass is 10.0. The second kappa shape index (κ2) is 6.36. The van der Waals surface area contributed by atoms with E-state index in [-0.39, 0.29) is 5.91 Å². The molecule has 4 heteroatoms. The second-order valence-corrected chi connectivity index (χ2v) is 6.96. The van der Waals surface area contributed by atoms with Gasteiger partial charge in [0.1, 0.15) is 5.65 Å². The molecule has 0 spiro atoms. The Morgan fingerprint density at radius 2 is 1.84 bits per heavy atom. The number of carbonyl (C=O) groups is 1. The number of amides is 1. The highest BCUT2D eigenvalue weighted by Crippen LogP contribution is 2.26. The van der Waals surface area contributed by atoms with E-state index >= 15 is 0 Å². The summed E-state index contributed by atoms with van der Waals surface area (Å²) in [5.74, 6) is 0.127. The van der Waals surface area contributed by atoms with Crippen LogP contribution in [0, 0.1) is 13.8 Å². The molecule has 1 aliphatic heterocycles. The van der Waals surface area contributed by atoms with E-state index < -0.39 is 0 Å². The van der Waals surface area contributed by atoms with E-state index in [1.165, 1.54) is 17.5 Å². The average Bonchev–Trinajstić information content (AvgIpc) is 3.07. The van der Waals surface area contributed by atoms with Crippen LogP contribution in [0.2, 0.25) is 0 Å². The fraction of sp³-hybridized carbons (Fsp3) is 0.333. The molecule has 0 saturated carbocycles. The molecule has 0 atom stereocenters. The topological polar surface area (TPSA) is 37.6 Å². The third kappa shape index (κ3) is 2.93. The van der Waals surface area contributed by atoms with Gasteiger partial charge in [0.05, 0.1) is 17.5 Å². The normalized spacial score (nSPS) is 14.9. The van der Waals surface area contributed by atoms with Crippen LogP contribution in [0.4, 0.5) is 0 Å². The number of fused-ring (bicyclic) bond motifs is 1. The molecular formula is C21H23N3O. The lowest BCUT2D eigenvalue weighted by molar-refractivity contribution is 0.0724. The Morgan fingerprint density at radius 1 is 1.04 bits per heavy atom. The lowest BCUT2D eigenvalue weighted by Crippen LogP contribution is -2.35. The first-order chi connectivity index (χ1) is 12.1. The van der Waals surface area contributed by atoms with Crippen LogP contribution in [-0.4, -0.2) is 33.3 Å². The minimum absolute atomic E-state index is 0.127. The molecule has 1 amide bonds. The molecule has 1 fully saturated rings. The van der Waals surface area contributed by atoms with Gasteiger partial charge in [-0.3, -0.25) is 9.20 Å². The largest absolute Gasteiger partial charge is 0.339 e. The van der Waals surface area contributed by atoms with Gasteiger partial charge in [0.2, 0.25) is 0 Å². The Morgan fingerprint density at radius 3 is 2.64 bits per heavy atom. The maximum absolute atomic E-state index is 12.8. The van der Waals surface area contributed by atoms with Gasteiger partial charge in [0.25, 0.3) is 5.91 Å². The number of piperidine rings is 1. The maximum Gasteiger partial charge on any atom is 0.255 e. The van der Waals surface area contributed by atoms with Gasteiger partial charge in [-0.15, -0.1) is 0 Å². The van der Waals surface area contributed by atoms with Crippen LogP contribution in [0.5, 0.6) is 0 Å². The molecule has 1 aromatic carbocycles. The summed E-state index contributed by atoms with van der Waals surface area (Å²) in [6.07, 6.45) is 7.27. The first kappa shape index (κ1) is 15.9. The van der Waals surface area contributed by atoms with Crippen LogP contribution in [0.15, 0.2) is 42.7 Å². The third-order valence-electron chi connectivity index (χ3n) is 5.06. The van der Waals surface area contributed by atoms with E-state index in [4.69, 9.17) is 0 Å². The Bertz CT molecular complexity index is 935. The number of nitrogens with zero attached hydrogens (tertiary/aromatic N) is 3. The minimum Gasteiger partial charge on any atom is -0.339 e. The number of pyridine rings is 1. The predicted molar refractivity (Wildman–Crippen MR) is 99.9 cm³/mol. The molecule has 0 aliphatic carbocycles. The number of aromatic nitrogens is 2.